The second-order valence-electron chi connectivity index (χ2n) is 9.86. The van der Waals surface area contributed by atoms with Gasteiger partial charge in [-0.3, -0.25) is 22.9 Å². The Balaban J connectivity index is 1.29. The minimum atomic E-state index is -4.06. The van der Waals surface area contributed by atoms with Crippen LogP contribution in [0.1, 0.15) is 40.3 Å². The first-order valence-electron chi connectivity index (χ1n) is 12.3. The third-order valence-corrected chi connectivity index (χ3v) is 8.99. The number of carbonyl (C=O) groups is 2. The first-order chi connectivity index (χ1) is 18.4. The lowest BCUT2D eigenvalue weighted by Crippen LogP contribution is -2.47. The SMILES string of the molecule is CCOC(=O)NCCC(C)(C)C(=O)SCCO[P@]1(=O)OC[C@H]2O[C@@H](n3cnc4cnc(N)nc43)[C@](C)(O)[C@@H]2O1. The normalized spacial score (nSPS) is 28.8. The van der Waals surface area contributed by atoms with Crippen LogP contribution in [0.25, 0.3) is 11.2 Å². The first kappa shape index (κ1) is 29.6. The third-order valence-electron chi connectivity index (χ3n) is 6.36. The van der Waals surface area contributed by atoms with Gasteiger partial charge in [0.05, 0.1) is 32.3 Å². The van der Waals surface area contributed by atoms with Crippen molar-refractivity contribution in [3.63, 3.8) is 0 Å². The van der Waals surface area contributed by atoms with E-state index < -0.39 is 43.4 Å². The number of aliphatic hydroxyl groups is 1. The molecule has 0 unspecified atom stereocenters. The molecule has 2 aromatic rings. The average Bonchev–Trinajstić information content (AvgIpc) is 3.38. The molecule has 0 aliphatic carbocycles. The van der Waals surface area contributed by atoms with Crippen molar-refractivity contribution >= 4 is 47.9 Å². The van der Waals surface area contributed by atoms with Gasteiger partial charge in [0.15, 0.2) is 17.0 Å². The topological polar surface area (TPSA) is 199 Å². The van der Waals surface area contributed by atoms with Gasteiger partial charge in [-0.15, -0.1) is 0 Å². The van der Waals surface area contributed by atoms with Crippen molar-refractivity contribution in [1.82, 2.24) is 24.8 Å². The number of carbonyl (C=O) groups excluding carboxylic acids is 2. The van der Waals surface area contributed by atoms with Crippen LogP contribution >= 0.6 is 19.6 Å². The maximum absolute atomic E-state index is 13.2. The molecule has 4 N–H and O–H groups in total. The van der Waals surface area contributed by atoms with Crippen LogP contribution in [0.15, 0.2) is 12.5 Å². The van der Waals surface area contributed by atoms with E-state index in [1.54, 1.807) is 20.8 Å². The van der Waals surface area contributed by atoms with Gasteiger partial charge in [0.1, 0.15) is 23.3 Å². The van der Waals surface area contributed by atoms with E-state index in [0.717, 1.165) is 11.8 Å². The molecule has 0 radical (unpaired) electrons. The van der Waals surface area contributed by atoms with Gasteiger partial charge in [-0.2, -0.15) is 4.98 Å². The van der Waals surface area contributed by atoms with Crippen molar-refractivity contribution in [3.05, 3.63) is 12.5 Å². The largest absolute Gasteiger partial charge is 0.475 e. The molecule has 17 heteroatoms. The summed E-state index contributed by atoms with van der Waals surface area (Å²) in [6, 6.07) is 0. The van der Waals surface area contributed by atoms with Gasteiger partial charge in [-0.05, 0) is 20.3 Å². The number of phosphoric ester groups is 1. The Kier molecular flexibility index (Phi) is 8.86. The fraction of sp³-hybridized carbons (Fsp3) is 0.682. The number of ether oxygens (including phenoxy) is 2. The van der Waals surface area contributed by atoms with Gasteiger partial charge >= 0.3 is 13.9 Å². The number of amides is 1. The van der Waals surface area contributed by atoms with E-state index in [4.69, 9.17) is 28.8 Å². The Morgan fingerprint density at radius 1 is 1.41 bits per heavy atom. The fourth-order valence-corrected chi connectivity index (χ4v) is 6.63. The molecule has 39 heavy (non-hydrogen) atoms. The van der Waals surface area contributed by atoms with Gasteiger partial charge in [0, 0.05) is 17.7 Å². The van der Waals surface area contributed by atoms with E-state index in [-0.39, 0.29) is 43.2 Å². The predicted octanol–water partition coefficient (Wildman–Crippen LogP) is 2.02. The molecule has 2 aliphatic heterocycles. The minimum absolute atomic E-state index is 0.0323. The van der Waals surface area contributed by atoms with Crippen LogP contribution in [0.2, 0.25) is 0 Å². The zero-order chi connectivity index (χ0) is 28.4. The zero-order valence-electron chi connectivity index (χ0n) is 22.1. The molecule has 0 aromatic carbocycles. The molecule has 5 atom stereocenters. The highest BCUT2D eigenvalue weighted by Crippen LogP contribution is 2.58. The van der Waals surface area contributed by atoms with Gasteiger partial charge in [0.2, 0.25) is 5.95 Å². The summed E-state index contributed by atoms with van der Waals surface area (Å²) in [5.74, 6) is 0.223. The third kappa shape index (κ3) is 6.53. The van der Waals surface area contributed by atoms with Crippen molar-refractivity contribution in [2.24, 2.45) is 5.41 Å². The van der Waals surface area contributed by atoms with Crippen molar-refractivity contribution in [1.29, 1.82) is 0 Å². The molecule has 2 aromatic heterocycles. The highest BCUT2D eigenvalue weighted by atomic mass is 32.2. The smallest absolute Gasteiger partial charge is 0.450 e. The summed E-state index contributed by atoms with van der Waals surface area (Å²) in [4.78, 5) is 36.4. The van der Waals surface area contributed by atoms with E-state index in [9.17, 15) is 19.3 Å². The summed E-state index contributed by atoms with van der Waals surface area (Å²) in [6.45, 7) is 7.04. The first-order valence-corrected chi connectivity index (χ1v) is 14.8. The van der Waals surface area contributed by atoms with Crippen molar-refractivity contribution in [2.75, 3.05) is 37.9 Å². The Morgan fingerprint density at radius 3 is 2.92 bits per heavy atom. The molecule has 4 heterocycles. The summed E-state index contributed by atoms with van der Waals surface area (Å²) in [5, 5.41) is 13.8. The number of nitrogen functional groups attached to an aromatic ring is 1. The lowest BCUT2D eigenvalue weighted by Gasteiger charge is -2.35. The van der Waals surface area contributed by atoms with E-state index in [1.165, 1.54) is 24.0 Å². The molecular formula is C22H33N6O9PS. The molecule has 0 saturated carbocycles. The molecule has 2 saturated heterocycles. The van der Waals surface area contributed by atoms with Crippen molar-refractivity contribution in [3.8, 4) is 0 Å². The zero-order valence-corrected chi connectivity index (χ0v) is 23.8. The number of nitrogens with one attached hydrogen (secondary N) is 1. The molecular weight excluding hydrogens is 555 g/mol. The Labute approximate surface area is 229 Å². The fourth-order valence-electron chi connectivity index (χ4n) is 4.19. The molecule has 2 fully saturated rings. The molecule has 15 nitrogen and oxygen atoms in total. The minimum Gasteiger partial charge on any atom is -0.450 e. The van der Waals surface area contributed by atoms with E-state index in [1.807, 2.05) is 0 Å². The van der Waals surface area contributed by atoms with E-state index in [2.05, 4.69) is 20.3 Å². The highest BCUT2D eigenvalue weighted by molar-refractivity contribution is 8.13. The maximum Gasteiger partial charge on any atom is 0.475 e. The molecule has 216 valence electrons. The number of hydrogen-bond acceptors (Lipinski definition) is 14. The Morgan fingerprint density at radius 2 is 2.18 bits per heavy atom. The van der Waals surface area contributed by atoms with Crippen LogP contribution < -0.4 is 11.1 Å². The van der Waals surface area contributed by atoms with Crippen molar-refractivity contribution in [2.45, 2.75) is 58.2 Å². The highest BCUT2D eigenvalue weighted by Gasteiger charge is 2.60. The van der Waals surface area contributed by atoms with Gasteiger partial charge < -0.3 is 25.6 Å². The lowest BCUT2D eigenvalue weighted by atomic mass is 9.91. The predicted molar refractivity (Wildman–Crippen MR) is 140 cm³/mol. The average molecular weight is 589 g/mol. The quantitative estimate of drug-likeness (QED) is 0.269. The van der Waals surface area contributed by atoms with Gasteiger partial charge in [0.25, 0.3) is 0 Å². The maximum atomic E-state index is 13.2. The lowest BCUT2D eigenvalue weighted by molar-refractivity contribution is -0.118. The standard InChI is InChI=1S/C22H33N6O9PS/c1-5-33-20(30)24-7-6-21(2,3)18(29)39-9-8-34-38(32)35-11-14-15(37-38)22(4,31)17(36-14)28-12-26-13-10-25-19(23)27-16(13)28/h10,12,14-15,17,31H,5-9,11H2,1-4H3,(H,24,30)(H2,23,25,27)/t14-,15-,17-,22-,38-/m1/s1. The number of fused-ring (bicyclic) bond motifs is 2. The van der Waals surface area contributed by atoms with Crippen LogP contribution in [0.5, 0.6) is 0 Å². The number of anilines is 1. The van der Waals surface area contributed by atoms with Gasteiger partial charge in [-0.1, -0.05) is 25.6 Å². The number of thioether (sulfide) groups is 1. The summed E-state index contributed by atoms with van der Waals surface area (Å²) < 4.78 is 41.9. The number of rotatable bonds is 10. The molecule has 0 spiro atoms. The van der Waals surface area contributed by atoms with E-state index >= 15 is 0 Å². The van der Waals surface area contributed by atoms with Crippen molar-refractivity contribution < 1.29 is 42.3 Å². The number of imidazole rings is 1. The Hall–Kier alpha value is -2.33. The van der Waals surface area contributed by atoms with Crippen LogP contribution in [0.3, 0.4) is 0 Å². The number of alkyl carbamates (subject to hydrolysis) is 1. The molecule has 4 rings (SSSR count). The van der Waals surface area contributed by atoms with Gasteiger partial charge in [-0.25, -0.2) is 19.3 Å². The summed E-state index contributed by atoms with van der Waals surface area (Å²) in [6.07, 6.45) is -0.00282. The van der Waals surface area contributed by atoms with Crippen LogP contribution in [-0.4, -0.2) is 85.8 Å². The summed E-state index contributed by atoms with van der Waals surface area (Å²) >= 11 is 1.01. The number of nitrogens with zero attached hydrogens (tertiary/aromatic N) is 4. The summed E-state index contributed by atoms with van der Waals surface area (Å²) in [5.41, 5.74) is 4.13. The number of nitrogens with two attached hydrogens (primary N) is 1. The number of phosphoric acid groups is 1. The van der Waals surface area contributed by atoms with Crippen LogP contribution in [-0.2, 0) is 32.4 Å². The molecule has 1 amide bonds. The monoisotopic (exact) mass is 588 g/mol. The second kappa shape index (κ2) is 11.6. The van der Waals surface area contributed by atoms with Crippen LogP contribution in [0, 0.1) is 5.41 Å². The Bertz CT molecular complexity index is 1260. The number of aromatic nitrogens is 4. The second-order valence-corrected chi connectivity index (χ2v) is 12.6. The number of hydrogen-bond donors (Lipinski definition) is 3. The molecule has 0 bridgehead atoms. The van der Waals surface area contributed by atoms with Crippen LogP contribution in [0.4, 0.5) is 10.7 Å². The summed E-state index contributed by atoms with van der Waals surface area (Å²) in [7, 11) is -4.06. The molecule has 2 aliphatic rings. The van der Waals surface area contributed by atoms with E-state index in [0.29, 0.717) is 17.6 Å².